The molecule has 1 unspecified atom stereocenters. The average Bonchev–Trinajstić information content (AvgIpc) is 2.45. The van der Waals surface area contributed by atoms with Crippen molar-refractivity contribution in [3.8, 4) is 5.75 Å². The van der Waals surface area contributed by atoms with E-state index in [2.05, 4.69) is 50.2 Å². The van der Waals surface area contributed by atoms with Crippen LogP contribution in [-0.2, 0) is 6.42 Å². The maximum Gasteiger partial charge on any atom is 0.122 e. The molecule has 0 amide bonds. The van der Waals surface area contributed by atoms with Gasteiger partial charge in [-0.05, 0) is 49.4 Å². The highest BCUT2D eigenvalue weighted by atomic mass is 16.5. The van der Waals surface area contributed by atoms with Gasteiger partial charge in [-0.2, -0.15) is 0 Å². The zero-order chi connectivity index (χ0) is 14.1. The molecular weight excluding hydrogens is 246 g/mol. The molecule has 0 saturated heterocycles. The van der Waals surface area contributed by atoms with Crippen LogP contribution in [0.2, 0.25) is 0 Å². The van der Waals surface area contributed by atoms with Crippen molar-refractivity contribution in [2.45, 2.75) is 32.7 Å². The molecule has 0 saturated carbocycles. The molecule has 1 atom stereocenters. The lowest BCUT2D eigenvalue weighted by Gasteiger charge is -2.20. The van der Waals surface area contributed by atoms with Gasteiger partial charge in [-0.25, -0.2) is 0 Å². The predicted octanol–water partition coefficient (Wildman–Crippen LogP) is 3.68. The van der Waals surface area contributed by atoms with Crippen LogP contribution in [0.1, 0.15) is 40.3 Å². The van der Waals surface area contributed by atoms with Gasteiger partial charge in [-0.1, -0.05) is 41.5 Å². The van der Waals surface area contributed by atoms with Crippen molar-refractivity contribution < 1.29 is 4.74 Å². The Labute approximate surface area is 120 Å². The monoisotopic (exact) mass is 267 g/mol. The molecular formula is C18H21NO. The van der Waals surface area contributed by atoms with E-state index in [1.54, 1.807) is 0 Å². The van der Waals surface area contributed by atoms with Crippen LogP contribution >= 0.6 is 0 Å². The average molecular weight is 267 g/mol. The van der Waals surface area contributed by atoms with Crippen LogP contribution in [0.25, 0.3) is 0 Å². The zero-order valence-electron chi connectivity index (χ0n) is 12.1. The van der Waals surface area contributed by atoms with Crippen molar-refractivity contribution >= 4 is 0 Å². The van der Waals surface area contributed by atoms with Crippen molar-refractivity contribution in [2.75, 3.05) is 6.61 Å². The van der Waals surface area contributed by atoms with Gasteiger partial charge in [0.2, 0.25) is 0 Å². The van der Waals surface area contributed by atoms with Gasteiger partial charge in [0.25, 0.3) is 0 Å². The molecule has 0 aliphatic carbocycles. The van der Waals surface area contributed by atoms with Crippen LogP contribution in [0.15, 0.2) is 36.4 Å². The summed E-state index contributed by atoms with van der Waals surface area (Å²) in [5, 5.41) is 0. The lowest BCUT2D eigenvalue weighted by atomic mass is 9.94. The maximum atomic E-state index is 6.45. The van der Waals surface area contributed by atoms with Crippen LogP contribution in [0, 0.1) is 13.8 Å². The van der Waals surface area contributed by atoms with E-state index >= 15 is 0 Å². The Balaban J connectivity index is 1.95. The quantitative estimate of drug-likeness (QED) is 0.901. The van der Waals surface area contributed by atoms with E-state index in [0.29, 0.717) is 0 Å². The fourth-order valence-corrected chi connectivity index (χ4v) is 2.96. The van der Waals surface area contributed by atoms with Crippen LogP contribution in [0.4, 0.5) is 0 Å². The molecule has 0 bridgehead atoms. The SMILES string of the molecule is Cc1cc(C)cc(C(N)c2ccc3c(c2)CCCO3)c1. The number of benzene rings is 2. The number of hydrogen-bond acceptors (Lipinski definition) is 2. The van der Waals surface area contributed by atoms with E-state index in [0.717, 1.165) is 25.2 Å². The van der Waals surface area contributed by atoms with Gasteiger partial charge in [-0.3, -0.25) is 0 Å². The number of fused-ring (bicyclic) bond motifs is 1. The molecule has 0 radical (unpaired) electrons. The molecule has 0 aromatic heterocycles. The third kappa shape index (κ3) is 2.56. The summed E-state index contributed by atoms with van der Waals surface area (Å²) in [6.07, 6.45) is 2.18. The second-order valence-corrected chi connectivity index (χ2v) is 5.72. The standard InChI is InChI=1S/C18H21NO/c1-12-8-13(2)10-16(9-12)18(19)15-5-6-17-14(11-15)4-3-7-20-17/h5-6,8-11,18H,3-4,7,19H2,1-2H3. The molecule has 2 aromatic carbocycles. The number of nitrogens with two attached hydrogens (primary N) is 1. The van der Waals surface area contributed by atoms with Crippen molar-refractivity contribution in [3.63, 3.8) is 0 Å². The molecule has 2 aromatic rings. The van der Waals surface area contributed by atoms with E-state index in [1.807, 2.05) is 0 Å². The summed E-state index contributed by atoms with van der Waals surface area (Å²) >= 11 is 0. The van der Waals surface area contributed by atoms with Gasteiger partial charge in [0.1, 0.15) is 5.75 Å². The first-order valence-electron chi connectivity index (χ1n) is 7.23. The second kappa shape index (κ2) is 5.29. The molecule has 3 rings (SSSR count). The van der Waals surface area contributed by atoms with Crippen LogP contribution in [0.5, 0.6) is 5.75 Å². The van der Waals surface area contributed by atoms with E-state index in [-0.39, 0.29) is 6.04 Å². The number of hydrogen-bond donors (Lipinski definition) is 1. The van der Waals surface area contributed by atoms with Gasteiger partial charge in [0.15, 0.2) is 0 Å². The molecule has 104 valence electrons. The van der Waals surface area contributed by atoms with Crippen LogP contribution in [0.3, 0.4) is 0 Å². The molecule has 2 nitrogen and oxygen atoms in total. The highest BCUT2D eigenvalue weighted by molar-refractivity contribution is 5.43. The summed E-state index contributed by atoms with van der Waals surface area (Å²) in [6, 6.07) is 12.8. The third-order valence-electron chi connectivity index (χ3n) is 3.89. The first-order chi connectivity index (χ1) is 9.63. The minimum atomic E-state index is -0.0687. The Kier molecular flexibility index (Phi) is 3.49. The Morgan fingerprint density at radius 2 is 1.75 bits per heavy atom. The van der Waals surface area contributed by atoms with Crippen molar-refractivity contribution in [1.29, 1.82) is 0 Å². The molecule has 0 fully saturated rings. The van der Waals surface area contributed by atoms with E-state index < -0.39 is 0 Å². The van der Waals surface area contributed by atoms with Crippen LogP contribution in [-0.4, -0.2) is 6.61 Å². The summed E-state index contributed by atoms with van der Waals surface area (Å²) in [4.78, 5) is 0. The van der Waals surface area contributed by atoms with Crippen LogP contribution < -0.4 is 10.5 Å². The van der Waals surface area contributed by atoms with Gasteiger partial charge in [-0.15, -0.1) is 0 Å². The van der Waals surface area contributed by atoms with E-state index in [1.165, 1.54) is 27.8 Å². The minimum absolute atomic E-state index is 0.0687. The molecule has 20 heavy (non-hydrogen) atoms. The lowest BCUT2D eigenvalue weighted by molar-refractivity contribution is 0.288. The number of ether oxygens (including phenoxy) is 1. The first-order valence-corrected chi connectivity index (χ1v) is 7.23. The molecule has 1 aliphatic heterocycles. The summed E-state index contributed by atoms with van der Waals surface area (Å²) in [6.45, 7) is 5.06. The summed E-state index contributed by atoms with van der Waals surface area (Å²) < 4.78 is 5.66. The van der Waals surface area contributed by atoms with E-state index in [4.69, 9.17) is 10.5 Å². The molecule has 0 spiro atoms. The normalized spacial score (nSPS) is 15.3. The molecule has 2 heteroatoms. The Morgan fingerprint density at radius 3 is 2.50 bits per heavy atom. The smallest absolute Gasteiger partial charge is 0.122 e. The highest BCUT2D eigenvalue weighted by Gasteiger charge is 2.15. The van der Waals surface area contributed by atoms with Crippen molar-refractivity contribution in [1.82, 2.24) is 0 Å². The second-order valence-electron chi connectivity index (χ2n) is 5.72. The van der Waals surface area contributed by atoms with Crippen molar-refractivity contribution in [3.05, 3.63) is 64.2 Å². The molecule has 1 aliphatic rings. The van der Waals surface area contributed by atoms with Gasteiger partial charge in [0.05, 0.1) is 12.6 Å². The predicted molar refractivity (Wildman–Crippen MR) is 82.2 cm³/mol. The Hall–Kier alpha value is -1.80. The minimum Gasteiger partial charge on any atom is -0.493 e. The summed E-state index contributed by atoms with van der Waals surface area (Å²) in [5.41, 5.74) is 12.6. The van der Waals surface area contributed by atoms with Gasteiger partial charge < -0.3 is 10.5 Å². The van der Waals surface area contributed by atoms with Crippen molar-refractivity contribution in [2.24, 2.45) is 5.73 Å². The summed E-state index contributed by atoms with van der Waals surface area (Å²) in [7, 11) is 0. The highest BCUT2D eigenvalue weighted by Crippen LogP contribution is 2.29. The first kappa shape index (κ1) is 13.2. The number of rotatable bonds is 2. The topological polar surface area (TPSA) is 35.2 Å². The lowest BCUT2D eigenvalue weighted by Crippen LogP contribution is -2.14. The Bertz CT molecular complexity index is 613. The van der Waals surface area contributed by atoms with E-state index in [9.17, 15) is 0 Å². The zero-order valence-corrected chi connectivity index (χ0v) is 12.1. The molecule has 1 heterocycles. The largest absolute Gasteiger partial charge is 0.493 e. The summed E-state index contributed by atoms with van der Waals surface area (Å²) in [5.74, 6) is 1.02. The fourth-order valence-electron chi connectivity index (χ4n) is 2.96. The molecule has 2 N–H and O–H groups in total. The number of aryl methyl sites for hydroxylation is 3. The Morgan fingerprint density at radius 1 is 1.00 bits per heavy atom. The van der Waals surface area contributed by atoms with Gasteiger partial charge in [0, 0.05) is 0 Å². The fraction of sp³-hybridized carbons (Fsp3) is 0.333. The third-order valence-corrected chi connectivity index (χ3v) is 3.89. The van der Waals surface area contributed by atoms with Gasteiger partial charge >= 0.3 is 0 Å². The maximum absolute atomic E-state index is 6.45.